The van der Waals surface area contributed by atoms with Gasteiger partial charge >= 0.3 is 0 Å². The Balaban J connectivity index is 1.89. The molecule has 3 aliphatic carbocycles. The van der Waals surface area contributed by atoms with Gasteiger partial charge in [-0.2, -0.15) is 0 Å². The Hall–Kier alpha value is -0.260. The molecule has 2 bridgehead atoms. The molecule has 0 heteroatoms. The smallest absolute Gasteiger partial charge is 0.0225 e. The molecule has 0 N–H and O–H groups in total. The number of allylic oxidation sites excluding steroid dienone is 2. The molecule has 0 aliphatic heterocycles. The average Bonchev–Trinajstić information content (AvgIpc) is 2.35. The van der Waals surface area contributed by atoms with Crippen LogP contribution in [0, 0.1) is 17.8 Å². The van der Waals surface area contributed by atoms with Gasteiger partial charge in [0.25, 0.3) is 0 Å². The molecule has 0 heterocycles. The van der Waals surface area contributed by atoms with Crippen molar-refractivity contribution in [1.29, 1.82) is 0 Å². The Morgan fingerprint density at radius 3 is 3.20 bits per heavy atom. The van der Waals surface area contributed by atoms with Crippen molar-refractivity contribution < 1.29 is 0 Å². The Kier molecular flexibility index (Phi) is 0.898. The van der Waals surface area contributed by atoms with Gasteiger partial charge in [-0.25, -0.2) is 0 Å². The summed E-state index contributed by atoms with van der Waals surface area (Å²) in [5.74, 6) is 3.29. The van der Waals surface area contributed by atoms with E-state index in [1.54, 1.807) is 12.0 Å². The van der Waals surface area contributed by atoms with Crippen LogP contribution in [0.15, 0.2) is 11.6 Å². The summed E-state index contributed by atoms with van der Waals surface area (Å²) >= 11 is 0. The second-order valence-electron chi connectivity index (χ2n) is 4.32. The molecule has 0 radical (unpaired) electrons. The van der Waals surface area contributed by atoms with Gasteiger partial charge in [-0.1, -0.05) is 11.6 Å². The maximum Gasteiger partial charge on any atom is -0.0225 e. The van der Waals surface area contributed by atoms with Gasteiger partial charge in [-0.3, -0.25) is 0 Å². The normalized spacial score (nSPS) is 49.6. The summed E-state index contributed by atoms with van der Waals surface area (Å²) in [7, 11) is 0. The van der Waals surface area contributed by atoms with Crippen molar-refractivity contribution in [1.82, 2.24) is 0 Å². The zero-order chi connectivity index (χ0) is 6.55. The molecule has 3 aliphatic rings. The molecule has 0 aromatic carbocycles. The summed E-state index contributed by atoms with van der Waals surface area (Å²) in [6, 6.07) is 0. The Morgan fingerprint density at radius 1 is 1.20 bits per heavy atom. The maximum atomic E-state index is 2.58. The molecule has 3 atom stereocenters. The quantitative estimate of drug-likeness (QED) is 0.447. The molecular formula is C10H14. The third-order valence-corrected chi connectivity index (χ3v) is 3.51. The van der Waals surface area contributed by atoms with E-state index in [1.807, 2.05) is 0 Å². The van der Waals surface area contributed by atoms with E-state index in [0.29, 0.717) is 0 Å². The molecule has 0 aromatic rings. The van der Waals surface area contributed by atoms with Gasteiger partial charge in [0.05, 0.1) is 0 Å². The highest BCUT2D eigenvalue weighted by molar-refractivity contribution is 5.17. The first-order valence-corrected chi connectivity index (χ1v) is 4.61. The second kappa shape index (κ2) is 1.66. The molecule has 0 nitrogen and oxygen atoms in total. The topological polar surface area (TPSA) is 0 Å². The lowest BCUT2D eigenvalue weighted by molar-refractivity contribution is 0.500. The molecule has 0 aromatic heterocycles. The van der Waals surface area contributed by atoms with Gasteiger partial charge in [-0.05, 0) is 49.9 Å². The van der Waals surface area contributed by atoms with Crippen LogP contribution in [-0.4, -0.2) is 0 Å². The molecular weight excluding hydrogens is 120 g/mol. The highest BCUT2D eigenvalue weighted by Gasteiger charge is 2.41. The number of hydrogen-bond acceptors (Lipinski definition) is 0. The largest absolute Gasteiger partial charge is 0.0822 e. The lowest BCUT2D eigenvalue weighted by Gasteiger charge is -2.05. The summed E-state index contributed by atoms with van der Waals surface area (Å²) < 4.78 is 0. The zero-order valence-corrected chi connectivity index (χ0v) is 6.34. The monoisotopic (exact) mass is 134 g/mol. The predicted octanol–water partition coefficient (Wildman–Crippen LogP) is 2.75. The summed E-state index contributed by atoms with van der Waals surface area (Å²) in [5.41, 5.74) is 1.80. The van der Waals surface area contributed by atoms with Gasteiger partial charge in [0, 0.05) is 0 Å². The minimum absolute atomic E-state index is 1.01. The third kappa shape index (κ3) is 0.680. The van der Waals surface area contributed by atoms with E-state index in [9.17, 15) is 0 Å². The van der Waals surface area contributed by atoms with E-state index in [0.717, 1.165) is 17.8 Å². The van der Waals surface area contributed by atoms with Gasteiger partial charge in [0.2, 0.25) is 0 Å². The van der Waals surface area contributed by atoms with Gasteiger partial charge < -0.3 is 0 Å². The first-order valence-electron chi connectivity index (χ1n) is 4.61. The number of rotatable bonds is 0. The van der Waals surface area contributed by atoms with E-state index in [4.69, 9.17) is 0 Å². The van der Waals surface area contributed by atoms with E-state index in [-0.39, 0.29) is 0 Å². The summed E-state index contributed by atoms with van der Waals surface area (Å²) in [6.45, 7) is 0. The van der Waals surface area contributed by atoms with Crippen LogP contribution >= 0.6 is 0 Å². The standard InChI is InChI=1S/C10H14/c1-2-8-3-7(1)4-9-6-10(9)5-8/h3,7,9-10H,1-2,4-6H2. The number of fused-ring (bicyclic) bond motifs is 2. The van der Waals surface area contributed by atoms with Gasteiger partial charge in [-0.15, -0.1) is 0 Å². The van der Waals surface area contributed by atoms with Gasteiger partial charge in [0.15, 0.2) is 0 Å². The molecule has 1 fully saturated rings. The molecule has 0 saturated heterocycles. The highest BCUT2D eigenvalue weighted by Crippen LogP contribution is 2.53. The van der Waals surface area contributed by atoms with Gasteiger partial charge in [0.1, 0.15) is 0 Å². The average molecular weight is 134 g/mol. The summed E-state index contributed by atoms with van der Waals surface area (Å²) in [5, 5.41) is 0. The highest BCUT2D eigenvalue weighted by atomic mass is 14.5. The molecule has 1 saturated carbocycles. The molecule has 0 spiro atoms. The third-order valence-electron chi connectivity index (χ3n) is 3.51. The van der Waals surface area contributed by atoms with Crippen LogP contribution in [-0.2, 0) is 0 Å². The van der Waals surface area contributed by atoms with E-state index in [1.165, 1.54) is 25.7 Å². The molecule has 3 rings (SSSR count). The van der Waals surface area contributed by atoms with Crippen molar-refractivity contribution in [3.8, 4) is 0 Å². The van der Waals surface area contributed by atoms with Crippen LogP contribution in [0.4, 0.5) is 0 Å². The number of hydrogen-bond donors (Lipinski definition) is 0. The minimum Gasteiger partial charge on any atom is -0.0822 e. The first kappa shape index (κ1) is 5.40. The van der Waals surface area contributed by atoms with Crippen molar-refractivity contribution in [2.45, 2.75) is 32.1 Å². The zero-order valence-electron chi connectivity index (χ0n) is 6.34. The first-order chi connectivity index (χ1) is 4.92. The van der Waals surface area contributed by atoms with E-state index < -0.39 is 0 Å². The Morgan fingerprint density at radius 2 is 2.20 bits per heavy atom. The van der Waals surface area contributed by atoms with Crippen LogP contribution in [0.25, 0.3) is 0 Å². The van der Waals surface area contributed by atoms with Crippen LogP contribution in [0.2, 0.25) is 0 Å². The summed E-state index contributed by atoms with van der Waals surface area (Å²) in [4.78, 5) is 0. The van der Waals surface area contributed by atoms with Crippen LogP contribution in [0.3, 0.4) is 0 Å². The van der Waals surface area contributed by atoms with E-state index >= 15 is 0 Å². The maximum absolute atomic E-state index is 2.58. The fourth-order valence-electron chi connectivity index (χ4n) is 2.80. The van der Waals surface area contributed by atoms with Crippen molar-refractivity contribution >= 4 is 0 Å². The summed E-state index contributed by atoms with van der Waals surface area (Å²) in [6.07, 6.45) is 10.1. The van der Waals surface area contributed by atoms with Crippen molar-refractivity contribution in [2.24, 2.45) is 17.8 Å². The molecule has 0 amide bonds. The minimum atomic E-state index is 1.01. The fraction of sp³-hybridized carbons (Fsp3) is 0.800. The molecule has 54 valence electrons. The van der Waals surface area contributed by atoms with Crippen LogP contribution in [0.1, 0.15) is 32.1 Å². The Labute approximate surface area is 62.3 Å². The lowest BCUT2D eigenvalue weighted by Crippen LogP contribution is -1.94. The lowest BCUT2D eigenvalue weighted by atomic mass is 9.99. The fourth-order valence-corrected chi connectivity index (χ4v) is 2.80. The van der Waals surface area contributed by atoms with Crippen molar-refractivity contribution in [2.75, 3.05) is 0 Å². The molecule has 10 heavy (non-hydrogen) atoms. The van der Waals surface area contributed by atoms with Crippen LogP contribution in [0.5, 0.6) is 0 Å². The van der Waals surface area contributed by atoms with Crippen LogP contribution < -0.4 is 0 Å². The van der Waals surface area contributed by atoms with Crippen molar-refractivity contribution in [3.63, 3.8) is 0 Å². The second-order valence-corrected chi connectivity index (χ2v) is 4.32. The van der Waals surface area contributed by atoms with E-state index in [2.05, 4.69) is 6.08 Å². The Bertz CT molecular complexity index is 190. The molecule has 3 unspecified atom stereocenters. The predicted molar refractivity (Wildman–Crippen MR) is 41.6 cm³/mol. The van der Waals surface area contributed by atoms with Crippen molar-refractivity contribution in [3.05, 3.63) is 11.6 Å². The SMILES string of the molecule is C1=C2CCC1CC1CC1C2.